The zero-order valence-electron chi connectivity index (χ0n) is 10.3. The Kier molecular flexibility index (Phi) is 3.06. The maximum absolute atomic E-state index is 6.03. The molecule has 0 amide bonds. The first-order valence-electron chi connectivity index (χ1n) is 5.91. The van der Waals surface area contributed by atoms with Gasteiger partial charge in [0.25, 0.3) is 0 Å². The van der Waals surface area contributed by atoms with Gasteiger partial charge in [-0.25, -0.2) is 4.98 Å². The Balaban J connectivity index is 2.38. The Bertz CT molecular complexity index is 733. The van der Waals surface area contributed by atoms with Crippen molar-refractivity contribution >= 4 is 28.3 Å². The minimum atomic E-state index is -0.0632. The third-order valence-electron chi connectivity index (χ3n) is 3.13. The highest BCUT2D eigenvalue weighted by molar-refractivity contribution is 6.31. The summed E-state index contributed by atoms with van der Waals surface area (Å²) in [6.45, 7) is 0.436. The summed E-state index contributed by atoms with van der Waals surface area (Å²) in [5, 5.41) is 11.9. The van der Waals surface area contributed by atoms with Crippen LogP contribution in [-0.4, -0.2) is 33.2 Å². The van der Waals surface area contributed by atoms with Crippen LogP contribution in [0.5, 0.6) is 0 Å². The first kappa shape index (κ1) is 12.3. The SMILES string of the molecule is CNC(CN)c1nc2ccc(Cl)cc2n2cnnc12. The number of halogens is 1. The van der Waals surface area contributed by atoms with Gasteiger partial charge in [0.15, 0.2) is 5.65 Å². The van der Waals surface area contributed by atoms with Crippen molar-refractivity contribution in [1.29, 1.82) is 0 Å². The molecule has 0 spiro atoms. The Morgan fingerprint density at radius 2 is 2.32 bits per heavy atom. The van der Waals surface area contributed by atoms with E-state index in [1.54, 1.807) is 6.33 Å². The third kappa shape index (κ3) is 1.94. The molecule has 1 unspecified atom stereocenters. The normalized spacial score (nSPS) is 13.2. The molecule has 0 aliphatic heterocycles. The Hall–Kier alpha value is -1.76. The van der Waals surface area contributed by atoms with Crippen LogP contribution in [0.3, 0.4) is 0 Å². The fourth-order valence-electron chi connectivity index (χ4n) is 2.15. The van der Waals surface area contributed by atoms with Gasteiger partial charge in [-0.15, -0.1) is 10.2 Å². The molecule has 19 heavy (non-hydrogen) atoms. The molecular weight excluding hydrogens is 264 g/mol. The molecule has 0 aliphatic rings. The molecule has 2 heterocycles. The Morgan fingerprint density at radius 3 is 3.05 bits per heavy atom. The molecule has 0 aliphatic carbocycles. The van der Waals surface area contributed by atoms with E-state index in [1.807, 2.05) is 29.6 Å². The van der Waals surface area contributed by atoms with E-state index in [0.29, 0.717) is 17.2 Å². The van der Waals surface area contributed by atoms with E-state index in [0.717, 1.165) is 16.7 Å². The molecule has 1 atom stereocenters. The Morgan fingerprint density at radius 1 is 1.47 bits per heavy atom. The molecule has 3 N–H and O–H groups in total. The largest absolute Gasteiger partial charge is 0.329 e. The van der Waals surface area contributed by atoms with Gasteiger partial charge in [-0.2, -0.15) is 0 Å². The van der Waals surface area contributed by atoms with Crippen LogP contribution < -0.4 is 11.1 Å². The number of nitrogens with two attached hydrogens (primary N) is 1. The molecule has 2 aromatic heterocycles. The summed E-state index contributed by atoms with van der Waals surface area (Å²) in [7, 11) is 1.85. The molecule has 98 valence electrons. The van der Waals surface area contributed by atoms with Gasteiger partial charge in [-0.05, 0) is 25.2 Å². The van der Waals surface area contributed by atoms with Gasteiger partial charge in [0, 0.05) is 11.6 Å². The molecule has 3 aromatic rings. The minimum absolute atomic E-state index is 0.0632. The van der Waals surface area contributed by atoms with Crippen LogP contribution in [0.25, 0.3) is 16.7 Å². The summed E-state index contributed by atoms with van der Waals surface area (Å²) in [4.78, 5) is 4.63. The highest BCUT2D eigenvalue weighted by atomic mass is 35.5. The molecule has 7 heteroatoms. The monoisotopic (exact) mass is 276 g/mol. The van der Waals surface area contributed by atoms with Crippen molar-refractivity contribution in [1.82, 2.24) is 24.9 Å². The van der Waals surface area contributed by atoms with Crippen molar-refractivity contribution < 1.29 is 0 Å². The van der Waals surface area contributed by atoms with Gasteiger partial charge in [-0.3, -0.25) is 4.40 Å². The summed E-state index contributed by atoms with van der Waals surface area (Å²) in [6, 6.07) is 5.48. The van der Waals surface area contributed by atoms with Crippen LogP contribution >= 0.6 is 11.6 Å². The number of fused-ring (bicyclic) bond motifs is 3. The number of nitrogens with zero attached hydrogens (tertiary/aromatic N) is 4. The maximum atomic E-state index is 6.03. The predicted octanol–water partition coefficient (Wildman–Crippen LogP) is 1.15. The number of hydrogen-bond donors (Lipinski definition) is 2. The summed E-state index contributed by atoms with van der Waals surface area (Å²) in [6.07, 6.45) is 1.66. The van der Waals surface area contributed by atoms with Gasteiger partial charge in [-0.1, -0.05) is 11.6 Å². The van der Waals surface area contributed by atoms with Crippen molar-refractivity contribution in [3.8, 4) is 0 Å². The lowest BCUT2D eigenvalue weighted by Crippen LogP contribution is -2.26. The first-order valence-corrected chi connectivity index (χ1v) is 6.28. The topological polar surface area (TPSA) is 81.1 Å². The number of nitrogens with one attached hydrogen (secondary N) is 1. The summed E-state index contributed by atoms with van der Waals surface area (Å²) in [5.41, 5.74) is 8.96. The summed E-state index contributed by atoms with van der Waals surface area (Å²) >= 11 is 6.03. The van der Waals surface area contributed by atoms with Crippen LogP contribution in [0, 0.1) is 0 Å². The second-order valence-electron chi connectivity index (χ2n) is 4.23. The minimum Gasteiger partial charge on any atom is -0.329 e. The first-order chi connectivity index (χ1) is 9.24. The predicted molar refractivity (Wildman–Crippen MR) is 74.2 cm³/mol. The molecule has 0 saturated carbocycles. The van der Waals surface area contributed by atoms with Gasteiger partial charge in [0.1, 0.15) is 12.0 Å². The quantitative estimate of drug-likeness (QED) is 0.750. The van der Waals surface area contributed by atoms with E-state index in [9.17, 15) is 0 Å². The van der Waals surface area contributed by atoms with Crippen molar-refractivity contribution in [2.24, 2.45) is 5.73 Å². The highest BCUT2D eigenvalue weighted by Crippen LogP contribution is 2.23. The second kappa shape index (κ2) is 4.73. The number of aromatic nitrogens is 4. The number of rotatable bonds is 3. The molecule has 0 radical (unpaired) electrons. The average molecular weight is 277 g/mol. The van der Waals surface area contributed by atoms with Crippen LogP contribution in [0.2, 0.25) is 5.02 Å². The van der Waals surface area contributed by atoms with E-state index in [2.05, 4.69) is 20.5 Å². The third-order valence-corrected chi connectivity index (χ3v) is 3.36. The van der Waals surface area contributed by atoms with E-state index in [1.165, 1.54) is 0 Å². The van der Waals surface area contributed by atoms with Crippen LogP contribution in [-0.2, 0) is 0 Å². The van der Waals surface area contributed by atoms with E-state index < -0.39 is 0 Å². The van der Waals surface area contributed by atoms with Gasteiger partial charge >= 0.3 is 0 Å². The summed E-state index contributed by atoms with van der Waals surface area (Å²) in [5.74, 6) is 0. The lowest BCUT2D eigenvalue weighted by atomic mass is 10.2. The fraction of sp³-hybridized carbons (Fsp3) is 0.250. The molecule has 1 aromatic carbocycles. The van der Waals surface area contributed by atoms with E-state index in [-0.39, 0.29) is 6.04 Å². The zero-order valence-corrected chi connectivity index (χ0v) is 11.1. The molecule has 0 bridgehead atoms. The van der Waals surface area contributed by atoms with Gasteiger partial charge in [0.05, 0.1) is 17.1 Å². The average Bonchev–Trinajstić information content (AvgIpc) is 2.90. The van der Waals surface area contributed by atoms with Crippen molar-refractivity contribution in [3.05, 3.63) is 35.2 Å². The molecule has 3 rings (SSSR count). The van der Waals surface area contributed by atoms with E-state index >= 15 is 0 Å². The summed E-state index contributed by atoms with van der Waals surface area (Å²) < 4.78 is 1.88. The Labute approximate surface area is 114 Å². The lowest BCUT2D eigenvalue weighted by Gasteiger charge is -2.14. The van der Waals surface area contributed by atoms with Crippen molar-refractivity contribution in [2.45, 2.75) is 6.04 Å². The van der Waals surface area contributed by atoms with Gasteiger partial charge < -0.3 is 11.1 Å². The molecular formula is C12H13ClN6. The molecule has 6 nitrogen and oxygen atoms in total. The molecule has 0 fully saturated rings. The number of benzene rings is 1. The number of likely N-dealkylation sites (N-methyl/N-ethyl adjacent to an activating group) is 1. The highest BCUT2D eigenvalue weighted by Gasteiger charge is 2.17. The van der Waals surface area contributed by atoms with E-state index in [4.69, 9.17) is 17.3 Å². The number of hydrogen-bond acceptors (Lipinski definition) is 5. The maximum Gasteiger partial charge on any atom is 0.184 e. The molecule has 0 saturated heterocycles. The zero-order chi connectivity index (χ0) is 13.4. The van der Waals surface area contributed by atoms with Crippen molar-refractivity contribution in [2.75, 3.05) is 13.6 Å². The van der Waals surface area contributed by atoms with Crippen LogP contribution in [0.4, 0.5) is 0 Å². The van der Waals surface area contributed by atoms with Crippen LogP contribution in [0.15, 0.2) is 24.5 Å². The smallest absolute Gasteiger partial charge is 0.184 e. The second-order valence-corrected chi connectivity index (χ2v) is 4.67. The fourth-order valence-corrected chi connectivity index (χ4v) is 2.32. The lowest BCUT2D eigenvalue weighted by molar-refractivity contribution is 0.592. The van der Waals surface area contributed by atoms with Crippen molar-refractivity contribution in [3.63, 3.8) is 0 Å². The standard InChI is InChI=1S/C12H13ClN6/c1-15-9(5-14)11-12-18-16-6-19(12)10-4-7(13)2-3-8(10)17-11/h2-4,6,9,15H,5,14H2,1H3. The van der Waals surface area contributed by atoms with Crippen LogP contribution in [0.1, 0.15) is 11.7 Å². The van der Waals surface area contributed by atoms with Gasteiger partial charge in [0.2, 0.25) is 0 Å².